The van der Waals surface area contributed by atoms with Gasteiger partial charge < -0.3 is 10.1 Å². The lowest BCUT2D eigenvalue weighted by Crippen LogP contribution is -2.20. The molecule has 3 heteroatoms. The van der Waals surface area contributed by atoms with Gasteiger partial charge in [0.1, 0.15) is 0 Å². The van der Waals surface area contributed by atoms with Crippen LogP contribution in [0.15, 0.2) is 24.4 Å². The van der Waals surface area contributed by atoms with E-state index in [9.17, 15) is 0 Å². The average molecular weight is 236 g/mol. The van der Waals surface area contributed by atoms with Gasteiger partial charge in [-0.05, 0) is 30.9 Å². The Morgan fingerprint density at radius 1 is 1.29 bits per heavy atom. The Hall–Kier alpha value is -0.930. The molecule has 0 saturated carbocycles. The summed E-state index contributed by atoms with van der Waals surface area (Å²) in [5.41, 5.74) is 1.08. The summed E-state index contributed by atoms with van der Waals surface area (Å²) in [5, 5.41) is 3.31. The molecule has 3 nitrogen and oxygen atoms in total. The first-order chi connectivity index (χ1) is 8.29. The average Bonchev–Trinajstić information content (AvgIpc) is 2.33. The van der Waals surface area contributed by atoms with Crippen LogP contribution in [0.5, 0.6) is 0 Å². The number of pyridine rings is 1. The maximum absolute atomic E-state index is 5.54. The van der Waals surface area contributed by atoms with Crippen LogP contribution in [0.2, 0.25) is 0 Å². The van der Waals surface area contributed by atoms with Crippen molar-refractivity contribution in [3.05, 3.63) is 30.1 Å². The van der Waals surface area contributed by atoms with Crippen LogP contribution in [0.25, 0.3) is 0 Å². The standard InChI is InChI=1S/C14H24N2O/c1-13(2)6-5-10-17-11-9-15-12-14-7-3-4-8-16-14/h3-4,7-8,13,15H,5-6,9-12H2,1-2H3. The highest BCUT2D eigenvalue weighted by atomic mass is 16.5. The predicted octanol–water partition coefficient (Wildman–Crippen LogP) is 2.62. The van der Waals surface area contributed by atoms with E-state index in [1.165, 1.54) is 6.42 Å². The normalized spacial score (nSPS) is 11.0. The molecule has 1 rings (SSSR count). The molecule has 0 aromatic carbocycles. The summed E-state index contributed by atoms with van der Waals surface area (Å²) in [4.78, 5) is 4.24. The third kappa shape index (κ3) is 7.88. The second kappa shape index (κ2) is 9.14. The van der Waals surface area contributed by atoms with Gasteiger partial charge in [-0.15, -0.1) is 0 Å². The summed E-state index contributed by atoms with van der Waals surface area (Å²) in [6.45, 7) is 7.85. The summed E-state index contributed by atoms with van der Waals surface area (Å²) in [5.74, 6) is 0.779. The van der Waals surface area contributed by atoms with E-state index in [0.717, 1.165) is 44.3 Å². The molecule has 0 aliphatic heterocycles. The molecule has 17 heavy (non-hydrogen) atoms. The molecule has 96 valence electrons. The number of rotatable bonds is 9. The molecule has 0 atom stereocenters. The Bertz CT molecular complexity index is 275. The van der Waals surface area contributed by atoms with Gasteiger partial charge in [-0.25, -0.2) is 0 Å². The zero-order valence-electron chi connectivity index (χ0n) is 11.0. The van der Waals surface area contributed by atoms with Crippen molar-refractivity contribution in [2.24, 2.45) is 5.92 Å². The molecule has 1 aromatic heterocycles. The highest BCUT2D eigenvalue weighted by Crippen LogP contribution is 2.02. The molecule has 0 aliphatic carbocycles. The second-order valence-corrected chi connectivity index (χ2v) is 4.65. The van der Waals surface area contributed by atoms with Gasteiger partial charge in [0.15, 0.2) is 0 Å². The van der Waals surface area contributed by atoms with Gasteiger partial charge in [0.05, 0.1) is 12.3 Å². The molecule has 1 N–H and O–H groups in total. The Morgan fingerprint density at radius 3 is 2.88 bits per heavy atom. The first-order valence-electron chi connectivity index (χ1n) is 6.47. The molecule has 0 saturated heterocycles. The Labute approximate surface area is 105 Å². The van der Waals surface area contributed by atoms with Gasteiger partial charge in [-0.1, -0.05) is 19.9 Å². The van der Waals surface area contributed by atoms with Crippen LogP contribution in [0.4, 0.5) is 0 Å². The molecular formula is C14H24N2O. The number of hydrogen-bond donors (Lipinski definition) is 1. The van der Waals surface area contributed by atoms with Crippen LogP contribution < -0.4 is 5.32 Å². The lowest BCUT2D eigenvalue weighted by atomic mass is 10.1. The van der Waals surface area contributed by atoms with Gasteiger partial charge in [-0.2, -0.15) is 0 Å². The number of ether oxygens (including phenoxy) is 1. The minimum absolute atomic E-state index is 0.779. The molecule has 0 bridgehead atoms. The zero-order valence-corrected chi connectivity index (χ0v) is 11.0. The molecule has 1 heterocycles. The number of nitrogens with one attached hydrogen (secondary N) is 1. The van der Waals surface area contributed by atoms with E-state index in [1.54, 1.807) is 0 Å². The smallest absolute Gasteiger partial charge is 0.0591 e. The fourth-order valence-corrected chi connectivity index (χ4v) is 1.56. The van der Waals surface area contributed by atoms with Crippen LogP contribution in [0.1, 0.15) is 32.4 Å². The van der Waals surface area contributed by atoms with E-state index in [-0.39, 0.29) is 0 Å². The molecule has 0 radical (unpaired) electrons. The summed E-state index contributed by atoms with van der Waals surface area (Å²) in [7, 11) is 0. The van der Waals surface area contributed by atoms with E-state index in [1.807, 2.05) is 24.4 Å². The summed E-state index contributed by atoms with van der Waals surface area (Å²) >= 11 is 0. The number of hydrogen-bond acceptors (Lipinski definition) is 3. The fourth-order valence-electron chi connectivity index (χ4n) is 1.56. The van der Waals surface area contributed by atoms with Crippen molar-refractivity contribution in [2.75, 3.05) is 19.8 Å². The van der Waals surface area contributed by atoms with E-state index in [2.05, 4.69) is 24.1 Å². The van der Waals surface area contributed by atoms with Gasteiger partial charge in [-0.3, -0.25) is 4.98 Å². The third-order valence-electron chi connectivity index (χ3n) is 2.53. The third-order valence-corrected chi connectivity index (χ3v) is 2.53. The Morgan fingerprint density at radius 2 is 2.18 bits per heavy atom. The number of nitrogens with zero attached hydrogens (tertiary/aromatic N) is 1. The van der Waals surface area contributed by atoms with Gasteiger partial charge in [0.25, 0.3) is 0 Å². The summed E-state index contributed by atoms with van der Waals surface area (Å²) in [6, 6.07) is 5.96. The van der Waals surface area contributed by atoms with E-state index in [4.69, 9.17) is 4.74 Å². The zero-order chi connectivity index (χ0) is 12.3. The van der Waals surface area contributed by atoms with E-state index >= 15 is 0 Å². The van der Waals surface area contributed by atoms with E-state index < -0.39 is 0 Å². The Balaban J connectivity index is 1.88. The minimum atomic E-state index is 0.779. The molecule has 1 aromatic rings. The summed E-state index contributed by atoms with van der Waals surface area (Å²) in [6.07, 6.45) is 4.23. The van der Waals surface area contributed by atoms with Crippen LogP contribution in [-0.2, 0) is 11.3 Å². The molecule has 0 spiro atoms. The SMILES string of the molecule is CC(C)CCCOCCNCc1ccccn1. The first-order valence-corrected chi connectivity index (χ1v) is 6.47. The maximum Gasteiger partial charge on any atom is 0.0591 e. The lowest BCUT2D eigenvalue weighted by molar-refractivity contribution is 0.129. The maximum atomic E-state index is 5.54. The topological polar surface area (TPSA) is 34.1 Å². The highest BCUT2D eigenvalue weighted by Gasteiger charge is 1.95. The van der Waals surface area contributed by atoms with Gasteiger partial charge in [0, 0.05) is 25.9 Å². The number of aromatic nitrogens is 1. The van der Waals surface area contributed by atoms with Crippen LogP contribution in [0.3, 0.4) is 0 Å². The molecule has 0 unspecified atom stereocenters. The second-order valence-electron chi connectivity index (χ2n) is 4.65. The lowest BCUT2D eigenvalue weighted by Gasteiger charge is -2.07. The largest absolute Gasteiger partial charge is 0.380 e. The van der Waals surface area contributed by atoms with Crippen molar-refractivity contribution in [1.82, 2.24) is 10.3 Å². The quantitative estimate of drug-likeness (QED) is 0.669. The first kappa shape index (κ1) is 14.1. The molecule has 0 fully saturated rings. The van der Waals surface area contributed by atoms with Crippen LogP contribution in [0, 0.1) is 5.92 Å². The molecule has 0 aliphatic rings. The van der Waals surface area contributed by atoms with E-state index in [0.29, 0.717) is 0 Å². The predicted molar refractivity (Wildman–Crippen MR) is 70.8 cm³/mol. The monoisotopic (exact) mass is 236 g/mol. The van der Waals surface area contributed by atoms with Crippen molar-refractivity contribution >= 4 is 0 Å². The molecule has 0 amide bonds. The molecular weight excluding hydrogens is 212 g/mol. The van der Waals surface area contributed by atoms with Gasteiger partial charge in [0.2, 0.25) is 0 Å². The highest BCUT2D eigenvalue weighted by molar-refractivity contribution is 5.02. The van der Waals surface area contributed by atoms with Crippen molar-refractivity contribution in [2.45, 2.75) is 33.2 Å². The van der Waals surface area contributed by atoms with Crippen molar-refractivity contribution in [1.29, 1.82) is 0 Å². The summed E-state index contributed by atoms with van der Waals surface area (Å²) < 4.78 is 5.54. The van der Waals surface area contributed by atoms with Crippen molar-refractivity contribution in [3.8, 4) is 0 Å². The minimum Gasteiger partial charge on any atom is -0.380 e. The van der Waals surface area contributed by atoms with Crippen LogP contribution >= 0.6 is 0 Å². The van der Waals surface area contributed by atoms with Crippen molar-refractivity contribution < 1.29 is 4.74 Å². The fraction of sp³-hybridized carbons (Fsp3) is 0.643. The van der Waals surface area contributed by atoms with Gasteiger partial charge >= 0.3 is 0 Å². The van der Waals surface area contributed by atoms with Crippen LogP contribution in [-0.4, -0.2) is 24.7 Å². The van der Waals surface area contributed by atoms with Crippen molar-refractivity contribution in [3.63, 3.8) is 0 Å². The Kier molecular flexibility index (Phi) is 7.60.